The summed E-state index contributed by atoms with van der Waals surface area (Å²) >= 11 is 0. The van der Waals surface area contributed by atoms with Gasteiger partial charge >= 0.3 is 0 Å². The minimum atomic E-state index is -0.537. The van der Waals surface area contributed by atoms with E-state index in [0.717, 1.165) is 37.8 Å². The van der Waals surface area contributed by atoms with E-state index in [-0.39, 0.29) is 36.7 Å². The van der Waals surface area contributed by atoms with Crippen LogP contribution < -0.4 is 4.90 Å². The Hall–Kier alpha value is -2.17. The van der Waals surface area contributed by atoms with Gasteiger partial charge in [0.05, 0.1) is 5.41 Å². The number of hydrogen-bond acceptors (Lipinski definition) is 3. The summed E-state index contributed by atoms with van der Waals surface area (Å²) in [5.74, 6) is -0.546. The van der Waals surface area contributed by atoms with Gasteiger partial charge in [-0.3, -0.25) is 19.3 Å². The lowest BCUT2D eigenvalue weighted by atomic mass is 9.73. The predicted molar refractivity (Wildman–Crippen MR) is 95.9 cm³/mol. The van der Waals surface area contributed by atoms with Gasteiger partial charge in [0.15, 0.2) is 0 Å². The quantitative estimate of drug-likeness (QED) is 0.790. The number of carbonyl (C=O) groups excluding carboxylic acids is 3. The minimum absolute atomic E-state index is 0.0497. The van der Waals surface area contributed by atoms with E-state index >= 15 is 0 Å². The van der Waals surface area contributed by atoms with E-state index in [1.807, 2.05) is 44.2 Å². The van der Waals surface area contributed by atoms with Crippen molar-refractivity contribution in [1.82, 2.24) is 4.90 Å². The fourth-order valence-electron chi connectivity index (χ4n) is 4.17. The Labute approximate surface area is 149 Å². The molecule has 1 aromatic carbocycles. The zero-order chi connectivity index (χ0) is 18.0. The number of para-hydroxylation sites is 1. The van der Waals surface area contributed by atoms with Crippen molar-refractivity contribution >= 4 is 23.4 Å². The largest absolute Gasteiger partial charge is 0.308 e. The maximum absolute atomic E-state index is 12.9. The van der Waals surface area contributed by atoms with Crippen LogP contribution in [0.15, 0.2) is 30.3 Å². The zero-order valence-electron chi connectivity index (χ0n) is 15.0. The van der Waals surface area contributed by atoms with Crippen molar-refractivity contribution in [2.45, 2.75) is 58.4 Å². The first-order valence-corrected chi connectivity index (χ1v) is 9.16. The maximum atomic E-state index is 12.9. The van der Waals surface area contributed by atoms with Crippen LogP contribution in [-0.4, -0.2) is 35.2 Å². The summed E-state index contributed by atoms with van der Waals surface area (Å²) in [4.78, 5) is 41.1. The molecule has 0 radical (unpaired) electrons. The molecular formula is C20H26N2O3. The van der Waals surface area contributed by atoms with Crippen molar-refractivity contribution in [2.75, 3.05) is 11.4 Å². The predicted octanol–water partition coefficient (Wildman–Crippen LogP) is 3.14. The van der Waals surface area contributed by atoms with E-state index in [9.17, 15) is 14.4 Å². The van der Waals surface area contributed by atoms with Crippen molar-refractivity contribution < 1.29 is 14.4 Å². The Morgan fingerprint density at radius 3 is 2.36 bits per heavy atom. The number of hydrogen-bond donors (Lipinski definition) is 0. The molecule has 1 aliphatic heterocycles. The Balaban J connectivity index is 1.77. The third-order valence-corrected chi connectivity index (χ3v) is 5.41. The maximum Gasteiger partial charge on any atom is 0.247 e. The first-order valence-electron chi connectivity index (χ1n) is 9.16. The van der Waals surface area contributed by atoms with Crippen LogP contribution in [0.2, 0.25) is 0 Å². The van der Waals surface area contributed by atoms with E-state index < -0.39 is 5.41 Å². The monoisotopic (exact) mass is 342 g/mol. The van der Waals surface area contributed by atoms with Crippen LogP contribution >= 0.6 is 0 Å². The second-order valence-electron chi connectivity index (χ2n) is 7.50. The number of likely N-dealkylation sites (tertiary alicyclic amines) is 1. The molecule has 2 fully saturated rings. The van der Waals surface area contributed by atoms with Crippen LogP contribution in [0.25, 0.3) is 0 Å². The molecule has 0 aromatic heterocycles. The Morgan fingerprint density at radius 1 is 1.12 bits per heavy atom. The van der Waals surface area contributed by atoms with Crippen molar-refractivity contribution in [1.29, 1.82) is 0 Å². The summed E-state index contributed by atoms with van der Waals surface area (Å²) in [5.41, 5.74) is 0.249. The Morgan fingerprint density at radius 2 is 1.76 bits per heavy atom. The van der Waals surface area contributed by atoms with Gasteiger partial charge in [0, 0.05) is 18.2 Å². The van der Waals surface area contributed by atoms with Crippen molar-refractivity contribution in [2.24, 2.45) is 5.41 Å². The molecule has 1 aliphatic carbocycles. The van der Waals surface area contributed by atoms with Gasteiger partial charge in [-0.2, -0.15) is 0 Å². The molecule has 1 aromatic rings. The standard InChI is InChI=1S/C20H26N2O3/c1-15(2)22(16-9-5-3-6-10-16)18(24)14-21-17(23)13-20(19(21)25)11-7-4-8-12-20/h3,5-6,9-10,15H,4,7-8,11-14H2,1-2H3. The highest BCUT2D eigenvalue weighted by molar-refractivity contribution is 6.09. The van der Waals surface area contributed by atoms with Crippen LogP contribution in [0.4, 0.5) is 5.69 Å². The molecule has 1 heterocycles. The number of carbonyl (C=O) groups is 3. The normalized spacial score (nSPS) is 19.7. The van der Waals surface area contributed by atoms with Crippen LogP contribution in [0.3, 0.4) is 0 Å². The summed E-state index contributed by atoms with van der Waals surface area (Å²) in [5, 5.41) is 0. The molecule has 1 spiro atoms. The first kappa shape index (κ1) is 17.6. The van der Waals surface area contributed by atoms with Gasteiger partial charge in [0.25, 0.3) is 0 Å². The van der Waals surface area contributed by atoms with Crippen LogP contribution in [0, 0.1) is 5.41 Å². The highest BCUT2D eigenvalue weighted by Crippen LogP contribution is 2.45. The molecule has 2 aliphatic rings. The van der Waals surface area contributed by atoms with Crippen molar-refractivity contribution in [3.05, 3.63) is 30.3 Å². The molecule has 5 nitrogen and oxygen atoms in total. The summed E-state index contributed by atoms with van der Waals surface area (Å²) in [6, 6.07) is 9.34. The number of nitrogens with zero attached hydrogens (tertiary/aromatic N) is 2. The van der Waals surface area contributed by atoms with Gasteiger partial charge < -0.3 is 4.90 Å². The lowest BCUT2D eigenvalue weighted by molar-refractivity contribution is -0.145. The summed E-state index contributed by atoms with van der Waals surface area (Å²) in [6.07, 6.45) is 4.92. The minimum Gasteiger partial charge on any atom is -0.308 e. The number of amides is 3. The van der Waals surface area contributed by atoms with Crippen molar-refractivity contribution in [3.8, 4) is 0 Å². The fraction of sp³-hybridized carbons (Fsp3) is 0.550. The smallest absolute Gasteiger partial charge is 0.247 e. The topological polar surface area (TPSA) is 57.7 Å². The van der Waals surface area contributed by atoms with Gasteiger partial charge in [-0.15, -0.1) is 0 Å². The van der Waals surface area contributed by atoms with Gasteiger partial charge in [0.2, 0.25) is 17.7 Å². The molecule has 3 amide bonds. The number of imide groups is 1. The van der Waals surface area contributed by atoms with Gasteiger partial charge in [-0.05, 0) is 38.8 Å². The van der Waals surface area contributed by atoms with Crippen LogP contribution in [-0.2, 0) is 14.4 Å². The van der Waals surface area contributed by atoms with Gasteiger partial charge in [0.1, 0.15) is 6.54 Å². The SMILES string of the molecule is CC(C)N(C(=O)CN1C(=O)CC2(CCCCC2)C1=O)c1ccccc1. The molecule has 1 saturated heterocycles. The molecule has 134 valence electrons. The molecule has 25 heavy (non-hydrogen) atoms. The van der Waals surface area contributed by atoms with Crippen molar-refractivity contribution in [3.63, 3.8) is 0 Å². The zero-order valence-corrected chi connectivity index (χ0v) is 15.0. The lowest BCUT2D eigenvalue weighted by Crippen LogP contribution is -2.47. The van der Waals surface area contributed by atoms with Gasteiger partial charge in [-0.1, -0.05) is 37.5 Å². The highest BCUT2D eigenvalue weighted by Gasteiger charge is 2.52. The fourth-order valence-corrected chi connectivity index (χ4v) is 4.17. The molecule has 3 rings (SSSR count). The molecule has 0 bridgehead atoms. The second-order valence-corrected chi connectivity index (χ2v) is 7.50. The average Bonchev–Trinajstić information content (AvgIpc) is 2.80. The number of benzene rings is 1. The lowest BCUT2D eigenvalue weighted by Gasteiger charge is -2.31. The second kappa shape index (κ2) is 6.98. The van der Waals surface area contributed by atoms with E-state index in [4.69, 9.17) is 0 Å². The number of anilines is 1. The third kappa shape index (κ3) is 3.32. The molecule has 0 unspecified atom stereocenters. The Kier molecular flexibility index (Phi) is 4.93. The molecule has 0 N–H and O–H groups in total. The first-order chi connectivity index (χ1) is 11.9. The third-order valence-electron chi connectivity index (χ3n) is 5.41. The molecular weight excluding hydrogens is 316 g/mol. The molecule has 0 atom stereocenters. The van der Waals surface area contributed by atoms with E-state index in [1.165, 1.54) is 4.90 Å². The average molecular weight is 342 g/mol. The Bertz CT molecular complexity index is 663. The molecule has 5 heteroatoms. The van der Waals surface area contributed by atoms with Crippen LogP contribution in [0.1, 0.15) is 52.4 Å². The number of rotatable bonds is 4. The van der Waals surface area contributed by atoms with Crippen LogP contribution in [0.5, 0.6) is 0 Å². The van der Waals surface area contributed by atoms with E-state index in [1.54, 1.807) is 4.90 Å². The summed E-state index contributed by atoms with van der Waals surface area (Å²) < 4.78 is 0. The van der Waals surface area contributed by atoms with E-state index in [0.29, 0.717) is 0 Å². The summed E-state index contributed by atoms with van der Waals surface area (Å²) in [6.45, 7) is 3.70. The van der Waals surface area contributed by atoms with E-state index in [2.05, 4.69) is 0 Å². The highest BCUT2D eigenvalue weighted by atomic mass is 16.2. The van der Waals surface area contributed by atoms with Gasteiger partial charge in [-0.25, -0.2) is 0 Å². The summed E-state index contributed by atoms with van der Waals surface area (Å²) in [7, 11) is 0. The molecule has 1 saturated carbocycles.